The van der Waals surface area contributed by atoms with Crippen LogP contribution in [0.1, 0.15) is 50.2 Å². The van der Waals surface area contributed by atoms with Gasteiger partial charge in [-0.1, -0.05) is 97.1 Å². The van der Waals surface area contributed by atoms with Crippen molar-refractivity contribution in [2.24, 2.45) is 0 Å². The number of anilines is 1. The summed E-state index contributed by atoms with van der Waals surface area (Å²) < 4.78 is 35.1. The second-order valence-electron chi connectivity index (χ2n) is 12.1. The van der Waals surface area contributed by atoms with Crippen LogP contribution in [0, 0.1) is 0 Å². The van der Waals surface area contributed by atoms with E-state index in [0.717, 1.165) is 42.0 Å². The van der Waals surface area contributed by atoms with Gasteiger partial charge in [0.25, 0.3) is 10.0 Å². The predicted octanol–water partition coefficient (Wildman–Crippen LogP) is 7.68. The van der Waals surface area contributed by atoms with E-state index in [1.165, 1.54) is 17.0 Å². The molecule has 11 heteroatoms. The van der Waals surface area contributed by atoms with Gasteiger partial charge < -0.3 is 15.0 Å². The summed E-state index contributed by atoms with van der Waals surface area (Å²) in [6, 6.07) is 28.0. The fourth-order valence-electron chi connectivity index (χ4n) is 6.06. The average molecular weight is 723 g/mol. The van der Waals surface area contributed by atoms with Crippen molar-refractivity contribution in [3.05, 3.63) is 124 Å². The quantitative estimate of drug-likeness (QED) is 0.144. The molecular weight excluding hydrogens is 681 g/mol. The number of nitrogens with zero attached hydrogens (tertiary/aromatic N) is 2. The lowest BCUT2D eigenvalue weighted by atomic mass is 9.94. The Balaban J connectivity index is 1.55. The van der Waals surface area contributed by atoms with Crippen molar-refractivity contribution < 1.29 is 22.7 Å². The first-order valence-corrected chi connectivity index (χ1v) is 18.7. The van der Waals surface area contributed by atoms with E-state index < -0.39 is 28.5 Å². The molecule has 4 aromatic rings. The molecule has 1 atom stereocenters. The number of benzene rings is 4. The average Bonchev–Trinajstić information content (AvgIpc) is 3.11. The van der Waals surface area contributed by atoms with Crippen LogP contribution in [0.2, 0.25) is 10.0 Å². The predicted molar refractivity (Wildman–Crippen MR) is 195 cm³/mol. The first-order chi connectivity index (χ1) is 23.7. The Kier molecular flexibility index (Phi) is 12.6. The molecular formula is C38H41Cl2N3O5S. The third-order valence-corrected chi connectivity index (χ3v) is 11.0. The lowest BCUT2D eigenvalue weighted by Crippen LogP contribution is -2.55. The maximum atomic E-state index is 14.7. The summed E-state index contributed by atoms with van der Waals surface area (Å²) in [6.45, 7) is 1.67. The molecule has 1 saturated carbocycles. The van der Waals surface area contributed by atoms with Crippen LogP contribution in [0.4, 0.5) is 5.69 Å². The van der Waals surface area contributed by atoms with Gasteiger partial charge in [0.1, 0.15) is 18.3 Å². The van der Waals surface area contributed by atoms with Crippen LogP contribution in [-0.4, -0.2) is 50.4 Å². The van der Waals surface area contributed by atoms with Crippen molar-refractivity contribution in [1.29, 1.82) is 0 Å². The number of ether oxygens (including phenoxy) is 1. The highest BCUT2D eigenvalue weighted by Crippen LogP contribution is 2.28. The van der Waals surface area contributed by atoms with Crippen LogP contribution in [0.25, 0.3) is 0 Å². The largest absolute Gasteiger partial charge is 0.494 e. The molecule has 1 aliphatic carbocycles. The summed E-state index contributed by atoms with van der Waals surface area (Å²) in [5.41, 5.74) is 1.73. The molecule has 1 N–H and O–H groups in total. The minimum absolute atomic E-state index is 0.00329. The van der Waals surface area contributed by atoms with Crippen LogP contribution < -0.4 is 14.4 Å². The normalized spacial score (nSPS) is 14.1. The van der Waals surface area contributed by atoms with Crippen LogP contribution in [-0.2, 0) is 32.6 Å². The number of hydrogen-bond acceptors (Lipinski definition) is 5. The smallest absolute Gasteiger partial charge is 0.264 e. The molecule has 258 valence electrons. The number of amides is 2. The number of rotatable bonds is 14. The van der Waals surface area contributed by atoms with Gasteiger partial charge in [0.15, 0.2) is 0 Å². The molecule has 1 fully saturated rings. The summed E-state index contributed by atoms with van der Waals surface area (Å²) in [5.74, 6) is -0.332. The number of hydrogen-bond donors (Lipinski definition) is 1. The highest BCUT2D eigenvalue weighted by atomic mass is 35.5. The fraction of sp³-hybridized carbons (Fsp3) is 0.316. The van der Waals surface area contributed by atoms with Crippen molar-refractivity contribution in [3.8, 4) is 5.75 Å². The molecule has 4 aromatic carbocycles. The molecule has 0 heterocycles. The Hall–Kier alpha value is -4.05. The number of sulfonamides is 1. The molecule has 0 saturated heterocycles. The second kappa shape index (κ2) is 17.1. The zero-order valence-corrected chi connectivity index (χ0v) is 29.8. The summed E-state index contributed by atoms with van der Waals surface area (Å²) in [5, 5.41) is 3.97. The van der Waals surface area contributed by atoms with Gasteiger partial charge in [0, 0.05) is 29.1 Å². The van der Waals surface area contributed by atoms with Crippen LogP contribution in [0.15, 0.2) is 108 Å². The number of nitrogens with one attached hydrogen (secondary N) is 1. The van der Waals surface area contributed by atoms with E-state index in [4.69, 9.17) is 27.9 Å². The number of carbonyl (C=O) groups excluding carboxylic acids is 2. The number of carbonyl (C=O) groups is 2. The van der Waals surface area contributed by atoms with Gasteiger partial charge in [0.2, 0.25) is 11.8 Å². The Bertz CT molecular complexity index is 1800. The summed E-state index contributed by atoms with van der Waals surface area (Å²) in [4.78, 5) is 30.4. The first-order valence-electron chi connectivity index (χ1n) is 16.5. The zero-order valence-electron chi connectivity index (χ0n) is 27.4. The van der Waals surface area contributed by atoms with Gasteiger partial charge in [-0.3, -0.25) is 13.9 Å². The number of para-hydroxylation sites is 1. The van der Waals surface area contributed by atoms with E-state index in [0.29, 0.717) is 33.7 Å². The highest BCUT2D eigenvalue weighted by molar-refractivity contribution is 7.92. The van der Waals surface area contributed by atoms with Crippen molar-refractivity contribution in [1.82, 2.24) is 10.2 Å². The molecule has 0 bridgehead atoms. The van der Waals surface area contributed by atoms with Crippen molar-refractivity contribution in [3.63, 3.8) is 0 Å². The second-order valence-corrected chi connectivity index (χ2v) is 14.8. The maximum absolute atomic E-state index is 14.7. The molecule has 0 radical (unpaired) electrons. The lowest BCUT2D eigenvalue weighted by Gasteiger charge is -2.35. The summed E-state index contributed by atoms with van der Waals surface area (Å²) >= 11 is 12.8. The molecule has 8 nitrogen and oxygen atoms in total. The maximum Gasteiger partial charge on any atom is 0.264 e. The van der Waals surface area contributed by atoms with Crippen molar-refractivity contribution in [2.75, 3.05) is 17.5 Å². The van der Waals surface area contributed by atoms with E-state index in [2.05, 4.69) is 5.32 Å². The molecule has 5 rings (SSSR count). The van der Waals surface area contributed by atoms with Gasteiger partial charge in [-0.05, 0) is 79.4 Å². The fourth-order valence-corrected chi connectivity index (χ4v) is 7.94. The van der Waals surface area contributed by atoms with Gasteiger partial charge in [0.05, 0.1) is 17.2 Å². The molecule has 0 aliphatic heterocycles. The molecule has 0 spiro atoms. The molecule has 49 heavy (non-hydrogen) atoms. The van der Waals surface area contributed by atoms with Gasteiger partial charge >= 0.3 is 0 Å². The molecule has 0 unspecified atom stereocenters. The Morgan fingerprint density at radius 1 is 0.878 bits per heavy atom. The Morgan fingerprint density at radius 2 is 1.53 bits per heavy atom. The molecule has 0 aromatic heterocycles. The summed E-state index contributed by atoms with van der Waals surface area (Å²) in [7, 11) is -4.24. The van der Waals surface area contributed by atoms with Crippen molar-refractivity contribution in [2.45, 2.75) is 69.0 Å². The monoisotopic (exact) mass is 721 g/mol. The highest BCUT2D eigenvalue weighted by Gasteiger charge is 2.35. The SMILES string of the molecule is CCOc1ccc(S(=O)(=O)N(CC(=O)N(Cc2ccc(Cl)cc2Cl)[C@H](Cc2ccccc2)C(=O)NC2CCCCC2)c2ccccc2)cc1. The minimum Gasteiger partial charge on any atom is -0.494 e. The van der Waals surface area contributed by atoms with Gasteiger partial charge in [-0.15, -0.1) is 0 Å². The molecule has 1 aliphatic rings. The topological polar surface area (TPSA) is 96.0 Å². The summed E-state index contributed by atoms with van der Waals surface area (Å²) in [6.07, 6.45) is 5.11. The van der Waals surface area contributed by atoms with E-state index in [9.17, 15) is 18.0 Å². The van der Waals surface area contributed by atoms with E-state index in [1.807, 2.05) is 37.3 Å². The van der Waals surface area contributed by atoms with Crippen LogP contribution >= 0.6 is 23.2 Å². The first kappa shape index (κ1) is 36.2. The third-order valence-electron chi connectivity index (χ3n) is 8.62. The Morgan fingerprint density at radius 3 is 2.16 bits per heavy atom. The van der Waals surface area contributed by atoms with Gasteiger partial charge in [-0.25, -0.2) is 8.42 Å². The van der Waals surface area contributed by atoms with E-state index in [1.54, 1.807) is 60.7 Å². The van der Waals surface area contributed by atoms with E-state index >= 15 is 0 Å². The number of halogens is 2. The zero-order chi connectivity index (χ0) is 34.8. The minimum atomic E-state index is -4.24. The third kappa shape index (κ3) is 9.56. The van der Waals surface area contributed by atoms with Gasteiger partial charge in [-0.2, -0.15) is 0 Å². The Labute approximate surface area is 299 Å². The van der Waals surface area contributed by atoms with E-state index in [-0.39, 0.29) is 29.8 Å². The van der Waals surface area contributed by atoms with Crippen LogP contribution in [0.3, 0.4) is 0 Å². The van der Waals surface area contributed by atoms with Crippen molar-refractivity contribution >= 4 is 50.7 Å². The lowest BCUT2D eigenvalue weighted by molar-refractivity contribution is -0.140. The molecule has 2 amide bonds. The van der Waals surface area contributed by atoms with Crippen LogP contribution in [0.5, 0.6) is 5.75 Å². The standard InChI is InChI=1S/C38H41Cl2N3O5S/c1-2-48-33-20-22-34(23-21-33)49(46,47)43(32-16-10-5-11-17-32)27-37(44)42(26-29-18-19-30(39)25-35(29)40)36(24-28-12-6-3-7-13-28)38(45)41-31-14-8-4-9-15-31/h3,5-7,10-13,16-23,25,31,36H,2,4,8-9,14-15,24,26-27H2,1H3,(H,41,45)/t36-/m1/s1.